The van der Waals surface area contributed by atoms with Crippen molar-refractivity contribution < 1.29 is 70.5 Å². The van der Waals surface area contributed by atoms with Crippen LogP contribution < -0.4 is 61.9 Å². The van der Waals surface area contributed by atoms with Crippen molar-refractivity contribution in [3.8, 4) is 18.1 Å². The second-order valence-corrected chi connectivity index (χ2v) is 9.65. The molecule has 0 aliphatic carbocycles. The number of amides is 1. The zero-order valence-corrected chi connectivity index (χ0v) is 25.3. The maximum atomic E-state index is 12.5. The number of hydrogen-bond donors (Lipinski definition) is 1. The van der Waals surface area contributed by atoms with Gasteiger partial charge in [-0.3, -0.25) is 0 Å². The molecule has 190 valence electrons. The van der Waals surface area contributed by atoms with E-state index >= 15 is 0 Å². The van der Waals surface area contributed by atoms with Gasteiger partial charge >= 0.3 is 57.5 Å². The Morgan fingerprint density at radius 2 is 1.91 bits per heavy atom. The normalized spacial score (nSPS) is 14.5. The summed E-state index contributed by atoms with van der Waals surface area (Å²) in [7, 11) is 1.58. The van der Waals surface area contributed by atoms with Crippen LogP contribution in [0.2, 0.25) is 0 Å². The Balaban J connectivity index is 0.00000612. The number of benzene rings is 1. The van der Waals surface area contributed by atoms with Gasteiger partial charge in [-0.1, -0.05) is 6.07 Å². The molecule has 1 fully saturated rings. The van der Waals surface area contributed by atoms with E-state index in [-0.39, 0.29) is 63.6 Å². The average Bonchev–Trinajstić information content (AvgIpc) is 2.79. The molecule has 1 heterocycles. The Labute approximate surface area is 254 Å². The van der Waals surface area contributed by atoms with Crippen molar-refractivity contribution in [2.75, 3.05) is 45.6 Å². The van der Waals surface area contributed by atoms with Crippen LogP contribution in [0, 0.1) is 12.3 Å². The van der Waals surface area contributed by atoms with Crippen molar-refractivity contribution >= 4 is 17.5 Å². The molecule has 0 aromatic heterocycles. The number of carbonyl (C=O) groups excluding carboxylic acids is 1. The Morgan fingerprint density at radius 1 is 1.23 bits per heavy atom. The van der Waals surface area contributed by atoms with Gasteiger partial charge in [0.2, 0.25) is 0 Å². The molecule has 0 saturated carbocycles. The van der Waals surface area contributed by atoms with E-state index in [1.165, 1.54) is 0 Å². The van der Waals surface area contributed by atoms with E-state index in [1.54, 1.807) is 24.1 Å². The number of ether oxygens (including phenoxy) is 2. The largest absolute Gasteiger partial charge is 1.00 e. The number of terminal acetylenes is 1. The van der Waals surface area contributed by atoms with Crippen LogP contribution in [-0.4, -0.2) is 67.4 Å². The quantitative estimate of drug-likeness (QED) is 0.152. The van der Waals surface area contributed by atoms with Gasteiger partial charge in [-0.15, -0.1) is 18.0 Å². The monoisotopic (exact) mass is 512 g/mol. The molecule has 0 bridgehead atoms. The first kappa shape index (κ1) is 32.0. The fourth-order valence-electron chi connectivity index (χ4n) is 3.76. The fraction of sp³-hybridized carbons (Fsp3) is 0.654. The molecule has 0 unspecified atom stereocenters. The number of nitrogens with two attached hydrogens (primary N) is 1. The molecule has 1 aromatic carbocycles. The van der Waals surface area contributed by atoms with Gasteiger partial charge in [0, 0.05) is 38.7 Å². The van der Waals surface area contributed by atoms with Crippen LogP contribution in [0.3, 0.4) is 0 Å². The van der Waals surface area contributed by atoms with Gasteiger partial charge in [0.05, 0.1) is 12.8 Å². The van der Waals surface area contributed by atoms with Gasteiger partial charge in [0.1, 0.15) is 11.4 Å². The SMILES string of the molecule is C#CCCCN(CCCCN1CCC(O[N-]c2ccc(N)c(OC)c2)CC1)C(=O)OC(C)(C)C.[K+]. The number of piperidine rings is 1. The van der Waals surface area contributed by atoms with Crippen molar-refractivity contribution in [2.45, 2.75) is 71.0 Å². The standard InChI is InChI=1S/C26H41N4O4.K/c1-6-7-8-16-30(25(31)33-26(2,3)4)17-10-9-15-29-18-13-22(14-19-29)34-28-21-11-12-23(27)24(20-21)32-5;/h1,11-12,20,22H,7-10,13-19,27H2,2-5H3;/q-1;+1. The molecule has 1 aliphatic heterocycles. The first-order valence-corrected chi connectivity index (χ1v) is 12.2. The van der Waals surface area contributed by atoms with Crippen molar-refractivity contribution in [3.05, 3.63) is 23.7 Å². The topological polar surface area (TPSA) is 91.4 Å². The Hall–Kier alpha value is -0.994. The summed E-state index contributed by atoms with van der Waals surface area (Å²) >= 11 is 0. The van der Waals surface area contributed by atoms with Crippen molar-refractivity contribution in [1.29, 1.82) is 0 Å². The molecule has 1 amide bonds. The number of nitrogen functional groups attached to an aromatic ring is 1. The van der Waals surface area contributed by atoms with E-state index in [0.717, 1.165) is 51.7 Å². The first-order chi connectivity index (χ1) is 16.2. The molecule has 8 nitrogen and oxygen atoms in total. The Morgan fingerprint density at radius 3 is 2.54 bits per heavy atom. The molecule has 1 aromatic rings. The minimum atomic E-state index is -0.500. The fourth-order valence-corrected chi connectivity index (χ4v) is 3.76. The predicted molar refractivity (Wildman–Crippen MR) is 136 cm³/mol. The van der Waals surface area contributed by atoms with E-state index in [4.69, 9.17) is 26.5 Å². The zero-order chi connectivity index (χ0) is 25.0. The number of likely N-dealkylation sites (tertiary alicyclic amines) is 1. The number of carbonyl (C=O) groups is 1. The summed E-state index contributed by atoms with van der Waals surface area (Å²) in [5.74, 6) is 3.23. The van der Waals surface area contributed by atoms with Crippen LogP contribution in [0.15, 0.2) is 18.2 Å². The molecule has 9 heteroatoms. The molecule has 2 N–H and O–H groups in total. The van der Waals surface area contributed by atoms with E-state index in [9.17, 15) is 4.79 Å². The van der Waals surface area contributed by atoms with Crippen molar-refractivity contribution in [2.24, 2.45) is 0 Å². The predicted octanol–water partition coefficient (Wildman–Crippen LogP) is 2.11. The summed E-state index contributed by atoms with van der Waals surface area (Å²) in [6, 6.07) is 5.36. The Bertz CT molecular complexity index is 802. The summed E-state index contributed by atoms with van der Waals surface area (Å²) in [4.78, 5) is 22.5. The number of rotatable bonds is 12. The summed E-state index contributed by atoms with van der Waals surface area (Å²) < 4.78 is 10.8. The van der Waals surface area contributed by atoms with Crippen LogP contribution >= 0.6 is 0 Å². The summed E-state index contributed by atoms with van der Waals surface area (Å²) in [6.07, 6.45) is 10.5. The first-order valence-electron chi connectivity index (χ1n) is 12.2. The Kier molecular flexibility index (Phi) is 15.3. The van der Waals surface area contributed by atoms with E-state index in [2.05, 4.69) is 16.3 Å². The van der Waals surface area contributed by atoms with Gasteiger partial charge in [0.15, 0.2) is 0 Å². The number of methoxy groups -OCH3 is 1. The molecular weight excluding hydrogens is 471 g/mol. The molecule has 0 atom stereocenters. The third-order valence-electron chi connectivity index (χ3n) is 5.61. The second-order valence-electron chi connectivity index (χ2n) is 9.65. The zero-order valence-electron chi connectivity index (χ0n) is 22.2. The summed E-state index contributed by atoms with van der Waals surface area (Å²) in [6.45, 7) is 9.93. The second kappa shape index (κ2) is 16.7. The molecule has 2 rings (SSSR count). The molecule has 1 saturated heterocycles. The minimum absolute atomic E-state index is 0. The summed E-state index contributed by atoms with van der Waals surface area (Å²) in [5.41, 5.74) is 10.9. The summed E-state index contributed by atoms with van der Waals surface area (Å²) in [5, 5.41) is 0. The van der Waals surface area contributed by atoms with Gasteiger partial charge in [-0.2, -0.15) is 0 Å². The van der Waals surface area contributed by atoms with Gasteiger partial charge in [-0.25, -0.2) is 4.79 Å². The average molecular weight is 513 g/mol. The number of anilines is 1. The van der Waals surface area contributed by atoms with Crippen molar-refractivity contribution in [3.63, 3.8) is 0 Å². The smallest absolute Gasteiger partial charge is 0.562 e. The molecular formula is C26H41KN4O4. The van der Waals surface area contributed by atoms with E-state index in [1.807, 2.05) is 26.8 Å². The molecule has 0 spiro atoms. The maximum Gasteiger partial charge on any atom is 1.00 e. The number of hydrogen-bond acceptors (Lipinski definition) is 6. The van der Waals surface area contributed by atoms with Crippen molar-refractivity contribution in [1.82, 2.24) is 9.80 Å². The van der Waals surface area contributed by atoms with Crippen LogP contribution in [0.1, 0.15) is 59.3 Å². The third kappa shape index (κ3) is 12.7. The number of nitrogens with zero attached hydrogens (tertiary/aromatic N) is 3. The molecule has 0 radical (unpaired) electrons. The van der Waals surface area contributed by atoms with Gasteiger partial charge in [-0.05, 0) is 71.6 Å². The van der Waals surface area contributed by atoms with Crippen LogP contribution in [0.5, 0.6) is 5.75 Å². The van der Waals surface area contributed by atoms with Gasteiger partial charge in [0.25, 0.3) is 0 Å². The van der Waals surface area contributed by atoms with Crippen LogP contribution in [0.25, 0.3) is 5.48 Å². The molecule has 35 heavy (non-hydrogen) atoms. The third-order valence-corrected chi connectivity index (χ3v) is 5.61. The van der Waals surface area contributed by atoms with E-state index in [0.29, 0.717) is 36.6 Å². The number of unbranched alkanes of at least 4 members (excludes halogenated alkanes) is 2. The van der Waals surface area contributed by atoms with Crippen LogP contribution in [0.4, 0.5) is 16.2 Å². The maximum absolute atomic E-state index is 12.5. The van der Waals surface area contributed by atoms with Gasteiger partial charge < -0.3 is 35.3 Å². The molecule has 1 aliphatic rings. The minimum Gasteiger partial charge on any atom is -0.562 e. The van der Waals surface area contributed by atoms with Crippen LogP contribution in [-0.2, 0) is 9.57 Å². The van der Waals surface area contributed by atoms with E-state index < -0.39 is 5.60 Å².